The third kappa shape index (κ3) is 6.24. The molecule has 1 saturated heterocycles. The van der Waals surface area contributed by atoms with Crippen molar-refractivity contribution in [2.24, 2.45) is 5.92 Å². The minimum Gasteiger partial charge on any atom is -0.490 e. The Hall–Kier alpha value is -1.01. The number of carbonyl (C=O) groups is 1. The van der Waals surface area contributed by atoms with Gasteiger partial charge < -0.3 is 14.8 Å². The molecule has 0 spiro atoms. The van der Waals surface area contributed by atoms with Crippen LogP contribution in [0.2, 0.25) is 0 Å². The SMILES string of the molecule is CC(C)[C@@H](NC(=O)CCCC[C@@H]1CCSS1)c1ccc2c(c1)OCCCO2. The van der Waals surface area contributed by atoms with E-state index in [-0.39, 0.29) is 11.9 Å². The number of carbonyl (C=O) groups excluding carboxylic acids is 1. The smallest absolute Gasteiger partial charge is 0.220 e. The number of nitrogens with one attached hydrogen (secondary N) is 1. The lowest BCUT2D eigenvalue weighted by atomic mass is 9.95. The summed E-state index contributed by atoms with van der Waals surface area (Å²) in [6, 6.07) is 6.04. The molecule has 0 aromatic heterocycles. The van der Waals surface area contributed by atoms with E-state index in [0.717, 1.165) is 41.6 Å². The van der Waals surface area contributed by atoms with Crippen molar-refractivity contribution < 1.29 is 14.3 Å². The maximum absolute atomic E-state index is 12.5. The molecule has 150 valence electrons. The summed E-state index contributed by atoms with van der Waals surface area (Å²) in [4.78, 5) is 12.5. The van der Waals surface area contributed by atoms with Crippen LogP contribution in [0, 0.1) is 5.92 Å². The van der Waals surface area contributed by atoms with Gasteiger partial charge in [0.05, 0.1) is 19.3 Å². The quantitative estimate of drug-likeness (QED) is 0.462. The lowest BCUT2D eigenvalue weighted by molar-refractivity contribution is -0.122. The van der Waals surface area contributed by atoms with E-state index in [9.17, 15) is 4.79 Å². The zero-order valence-electron chi connectivity index (χ0n) is 16.4. The van der Waals surface area contributed by atoms with Gasteiger partial charge in [0.2, 0.25) is 5.91 Å². The van der Waals surface area contributed by atoms with Crippen molar-refractivity contribution in [1.29, 1.82) is 0 Å². The van der Waals surface area contributed by atoms with Crippen molar-refractivity contribution in [3.8, 4) is 11.5 Å². The lowest BCUT2D eigenvalue weighted by Gasteiger charge is -2.24. The fraction of sp³-hybridized carbons (Fsp3) is 0.667. The Bertz CT molecular complexity index is 617. The Morgan fingerprint density at radius 2 is 2.04 bits per heavy atom. The van der Waals surface area contributed by atoms with Crippen LogP contribution in [0.15, 0.2) is 18.2 Å². The number of hydrogen-bond donors (Lipinski definition) is 1. The molecule has 0 radical (unpaired) electrons. The number of fused-ring (bicyclic) bond motifs is 1. The summed E-state index contributed by atoms with van der Waals surface area (Å²) in [6.07, 6.45) is 6.17. The number of rotatable bonds is 8. The molecular formula is C21H31NO3S2. The van der Waals surface area contributed by atoms with Crippen LogP contribution >= 0.6 is 21.6 Å². The average molecular weight is 410 g/mol. The van der Waals surface area contributed by atoms with E-state index in [0.29, 0.717) is 25.6 Å². The predicted octanol–water partition coefficient (Wildman–Crippen LogP) is 5.38. The summed E-state index contributed by atoms with van der Waals surface area (Å²) in [5.74, 6) is 3.33. The Morgan fingerprint density at radius 3 is 2.78 bits per heavy atom. The molecule has 2 aliphatic heterocycles. The highest BCUT2D eigenvalue weighted by Gasteiger charge is 2.21. The van der Waals surface area contributed by atoms with E-state index >= 15 is 0 Å². The standard InChI is InChI=1S/C21H31NO3S2/c1-15(2)21(16-8-9-18-19(14-16)25-12-5-11-24-18)22-20(23)7-4-3-6-17-10-13-26-27-17/h8-9,14-15,17,21H,3-7,10-13H2,1-2H3,(H,22,23)/t17-,21-/m1/s1. The van der Waals surface area contributed by atoms with Gasteiger partial charge in [-0.05, 0) is 42.9 Å². The molecule has 2 heterocycles. The number of benzene rings is 1. The maximum atomic E-state index is 12.5. The van der Waals surface area contributed by atoms with Crippen LogP contribution in [0.1, 0.15) is 64.0 Å². The summed E-state index contributed by atoms with van der Waals surface area (Å²) in [5.41, 5.74) is 1.09. The second-order valence-corrected chi connectivity index (χ2v) is 10.4. The fourth-order valence-electron chi connectivity index (χ4n) is 3.48. The van der Waals surface area contributed by atoms with Gasteiger partial charge in [-0.25, -0.2) is 0 Å². The second-order valence-electron chi connectivity index (χ2n) is 7.62. The van der Waals surface area contributed by atoms with E-state index in [4.69, 9.17) is 9.47 Å². The highest BCUT2D eigenvalue weighted by Crippen LogP contribution is 2.40. The average Bonchev–Trinajstić information content (AvgIpc) is 3.06. The van der Waals surface area contributed by atoms with Crippen LogP contribution in [0.4, 0.5) is 0 Å². The van der Waals surface area contributed by atoms with Crippen LogP contribution in [0.25, 0.3) is 0 Å². The molecule has 1 N–H and O–H groups in total. The molecule has 1 amide bonds. The van der Waals surface area contributed by atoms with Crippen molar-refractivity contribution in [3.63, 3.8) is 0 Å². The largest absolute Gasteiger partial charge is 0.490 e. The Balaban J connectivity index is 1.52. The van der Waals surface area contributed by atoms with Crippen LogP contribution < -0.4 is 14.8 Å². The molecule has 0 aliphatic carbocycles. The normalized spacial score (nSPS) is 20.3. The third-order valence-corrected chi connectivity index (χ3v) is 8.03. The first-order valence-electron chi connectivity index (χ1n) is 10.1. The summed E-state index contributed by atoms with van der Waals surface area (Å²) < 4.78 is 11.5. The molecule has 2 aliphatic rings. The zero-order valence-corrected chi connectivity index (χ0v) is 18.0. The Labute approximate surface area is 170 Å². The van der Waals surface area contributed by atoms with E-state index < -0.39 is 0 Å². The van der Waals surface area contributed by atoms with E-state index in [1.54, 1.807) is 0 Å². The molecule has 27 heavy (non-hydrogen) atoms. The van der Waals surface area contributed by atoms with Gasteiger partial charge in [0.25, 0.3) is 0 Å². The molecule has 1 aromatic rings. The maximum Gasteiger partial charge on any atom is 0.220 e. The van der Waals surface area contributed by atoms with E-state index in [1.807, 2.05) is 39.8 Å². The van der Waals surface area contributed by atoms with Crippen LogP contribution in [-0.4, -0.2) is 30.1 Å². The molecular weight excluding hydrogens is 378 g/mol. The minimum atomic E-state index is -0.00330. The van der Waals surface area contributed by atoms with Gasteiger partial charge in [-0.2, -0.15) is 0 Å². The van der Waals surface area contributed by atoms with Gasteiger partial charge in [-0.3, -0.25) is 4.79 Å². The fourth-order valence-corrected chi connectivity index (χ4v) is 6.50. The zero-order chi connectivity index (χ0) is 19.1. The van der Waals surface area contributed by atoms with Crippen molar-refractivity contribution in [2.75, 3.05) is 19.0 Å². The van der Waals surface area contributed by atoms with E-state index in [2.05, 4.69) is 19.2 Å². The van der Waals surface area contributed by atoms with Crippen LogP contribution in [0.5, 0.6) is 11.5 Å². The first kappa shape index (κ1) is 20.7. The monoisotopic (exact) mass is 409 g/mol. The van der Waals surface area contributed by atoms with Gasteiger partial charge in [0, 0.05) is 23.8 Å². The van der Waals surface area contributed by atoms with Crippen molar-refractivity contribution in [3.05, 3.63) is 23.8 Å². The topological polar surface area (TPSA) is 47.6 Å². The van der Waals surface area contributed by atoms with Crippen LogP contribution in [0.3, 0.4) is 0 Å². The van der Waals surface area contributed by atoms with Gasteiger partial charge in [0.15, 0.2) is 11.5 Å². The summed E-state index contributed by atoms with van der Waals surface area (Å²) in [6.45, 7) is 5.65. The molecule has 0 bridgehead atoms. The molecule has 2 atom stereocenters. The van der Waals surface area contributed by atoms with Gasteiger partial charge >= 0.3 is 0 Å². The third-order valence-electron chi connectivity index (χ3n) is 5.02. The number of hydrogen-bond acceptors (Lipinski definition) is 5. The molecule has 3 rings (SSSR count). The summed E-state index contributed by atoms with van der Waals surface area (Å²) in [7, 11) is 4.00. The molecule has 6 heteroatoms. The number of unbranched alkanes of at least 4 members (excludes halogenated alkanes) is 1. The molecule has 0 unspecified atom stereocenters. The van der Waals surface area contributed by atoms with Gasteiger partial charge in [-0.15, -0.1) is 0 Å². The van der Waals surface area contributed by atoms with E-state index in [1.165, 1.54) is 18.6 Å². The Kier molecular flexibility index (Phi) is 8.07. The summed E-state index contributed by atoms with van der Waals surface area (Å²) in [5, 5.41) is 4.03. The van der Waals surface area contributed by atoms with Gasteiger partial charge in [-0.1, -0.05) is 47.9 Å². The number of ether oxygens (including phenoxy) is 2. The summed E-state index contributed by atoms with van der Waals surface area (Å²) >= 11 is 0. The first-order chi connectivity index (χ1) is 13.1. The predicted molar refractivity (Wildman–Crippen MR) is 115 cm³/mol. The molecule has 1 aromatic carbocycles. The van der Waals surface area contributed by atoms with Crippen molar-refractivity contribution >= 4 is 27.5 Å². The lowest BCUT2D eigenvalue weighted by Crippen LogP contribution is -2.31. The first-order valence-corrected chi connectivity index (χ1v) is 12.5. The highest BCUT2D eigenvalue weighted by molar-refractivity contribution is 8.77. The van der Waals surface area contributed by atoms with Gasteiger partial charge in [0.1, 0.15) is 0 Å². The molecule has 1 fully saturated rings. The van der Waals surface area contributed by atoms with Crippen molar-refractivity contribution in [1.82, 2.24) is 5.32 Å². The Morgan fingerprint density at radius 1 is 1.22 bits per heavy atom. The van der Waals surface area contributed by atoms with Crippen LogP contribution in [-0.2, 0) is 4.79 Å². The molecule has 4 nitrogen and oxygen atoms in total. The molecule has 0 saturated carbocycles. The minimum absolute atomic E-state index is 0.00330. The van der Waals surface area contributed by atoms with Crippen molar-refractivity contribution in [2.45, 2.75) is 63.7 Å². The highest BCUT2D eigenvalue weighted by atomic mass is 33.1. The second kappa shape index (κ2) is 10.5. The number of amides is 1.